The van der Waals surface area contributed by atoms with E-state index in [9.17, 15) is 0 Å². The topological polar surface area (TPSA) is 17.0 Å². The molecule has 102 valence electrons. The molecule has 0 aliphatic rings. The van der Waals surface area contributed by atoms with Gasteiger partial charge in [-0.1, -0.05) is 25.1 Å². The van der Waals surface area contributed by atoms with Gasteiger partial charge >= 0.3 is 0 Å². The van der Waals surface area contributed by atoms with Crippen molar-refractivity contribution >= 4 is 0 Å². The molecule has 0 aliphatic carbocycles. The number of nitrogens with zero attached hydrogens (tertiary/aromatic N) is 1. The van der Waals surface area contributed by atoms with Crippen LogP contribution in [-0.4, -0.2) is 10.6 Å². The fourth-order valence-corrected chi connectivity index (χ4v) is 2.41. The minimum Gasteiger partial charge on any atom is -0.318 e. The smallest absolute Gasteiger partial charge is 0.0455 e. The lowest BCUT2D eigenvalue weighted by atomic mass is 10.2. The van der Waals surface area contributed by atoms with Crippen LogP contribution in [0.2, 0.25) is 0 Å². The number of rotatable bonds is 5. The SMILES string of the molecule is CCC(C)NCc1cc(C)n(-c2ccccc2)c1C. The molecule has 0 radical (unpaired) electrons. The van der Waals surface area contributed by atoms with Gasteiger partial charge in [0.25, 0.3) is 0 Å². The molecule has 2 heteroatoms. The number of nitrogens with one attached hydrogen (secondary N) is 1. The Morgan fingerprint density at radius 2 is 1.84 bits per heavy atom. The lowest BCUT2D eigenvalue weighted by molar-refractivity contribution is 0.533. The molecule has 2 nitrogen and oxygen atoms in total. The normalized spacial score (nSPS) is 12.6. The summed E-state index contributed by atoms with van der Waals surface area (Å²) < 4.78 is 2.33. The highest BCUT2D eigenvalue weighted by molar-refractivity contribution is 5.40. The van der Waals surface area contributed by atoms with Crippen LogP contribution in [0.15, 0.2) is 36.4 Å². The van der Waals surface area contributed by atoms with E-state index >= 15 is 0 Å². The molecule has 1 atom stereocenters. The third-order valence-electron chi connectivity index (χ3n) is 3.80. The van der Waals surface area contributed by atoms with Gasteiger partial charge in [-0.2, -0.15) is 0 Å². The summed E-state index contributed by atoms with van der Waals surface area (Å²) in [5.74, 6) is 0. The molecule has 0 bridgehead atoms. The highest BCUT2D eigenvalue weighted by Crippen LogP contribution is 2.20. The maximum Gasteiger partial charge on any atom is 0.0455 e. The van der Waals surface area contributed by atoms with E-state index in [1.54, 1.807) is 0 Å². The lowest BCUT2D eigenvalue weighted by Gasteiger charge is -2.12. The second kappa shape index (κ2) is 6.07. The van der Waals surface area contributed by atoms with Gasteiger partial charge in [-0.15, -0.1) is 0 Å². The van der Waals surface area contributed by atoms with Crippen LogP contribution in [0.1, 0.15) is 37.2 Å². The van der Waals surface area contributed by atoms with E-state index in [0.717, 1.165) is 13.0 Å². The third kappa shape index (κ3) is 3.07. The number of hydrogen-bond acceptors (Lipinski definition) is 1. The Bertz CT molecular complexity index is 526. The Labute approximate surface area is 116 Å². The summed E-state index contributed by atoms with van der Waals surface area (Å²) in [4.78, 5) is 0. The molecule has 1 N–H and O–H groups in total. The minimum absolute atomic E-state index is 0.569. The molecule has 0 saturated heterocycles. The summed E-state index contributed by atoms with van der Waals surface area (Å²) in [6, 6.07) is 13.4. The molecule has 0 saturated carbocycles. The van der Waals surface area contributed by atoms with E-state index in [4.69, 9.17) is 0 Å². The molecule has 1 heterocycles. The monoisotopic (exact) mass is 256 g/mol. The van der Waals surface area contributed by atoms with E-state index in [2.05, 4.69) is 74.0 Å². The average molecular weight is 256 g/mol. The number of benzene rings is 1. The Morgan fingerprint density at radius 3 is 2.47 bits per heavy atom. The predicted octanol–water partition coefficient (Wildman–Crippen LogP) is 3.98. The largest absolute Gasteiger partial charge is 0.318 e. The Hall–Kier alpha value is -1.54. The molecule has 1 aromatic heterocycles. The summed E-state index contributed by atoms with van der Waals surface area (Å²) in [5, 5.41) is 3.57. The van der Waals surface area contributed by atoms with E-state index in [1.165, 1.54) is 22.6 Å². The molecular formula is C17H24N2. The predicted molar refractivity (Wildman–Crippen MR) is 81.8 cm³/mol. The maximum absolute atomic E-state index is 3.57. The summed E-state index contributed by atoms with van der Waals surface area (Å²) in [5.41, 5.74) is 5.26. The molecule has 0 fully saturated rings. The van der Waals surface area contributed by atoms with E-state index in [-0.39, 0.29) is 0 Å². The second-order valence-corrected chi connectivity index (χ2v) is 5.26. The van der Waals surface area contributed by atoms with Crippen LogP contribution in [0.4, 0.5) is 0 Å². The van der Waals surface area contributed by atoms with E-state index < -0.39 is 0 Å². The number of hydrogen-bond donors (Lipinski definition) is 1. The van der Waals surface area contributed by atoms with Gasteiger partial charge in [0.1, 0.15) is 0 Å². The molecule has 2 rings (SSSR count). The van der Waals surface area contributed by atoms with Gasteiger partial charge in [0, 0.05) is 29.7 Å². The first-order chi connectivity index (χ1) is 9.13. The van der Waals surface area contributed by atoms with Crippen LogP contribution < -0.4 is 5.32 Å². The highest BCUT2D eigenvalue weighted by Gasteiger charge is 2.10. The van der Waals surface area contributed by atoms with Gasteiger partial charge in [-0.05, 0) is 51.0 Å². The zero-order chi connectivity index (χ0) is 13.8. The molecule has 0 aliphatic heterocycles. The molecule has 2 aromatic rings. The standard InChI is InChI=1S/C17H24N2/c1-5-13(2)18-12-16-11-14(3)19(15(16)4)17-9-7-6-8-10-17/h6-11,13,18H,5,12H2,1-4H3. The van der Waals surface area contributed by atoms with Crippen molar-refractivity contribution in [1.29, 1.82) is 0 Å². The van der Waals surface area contributed by atoms with Gasteiger partial charge in [0.05, 0.1) is 0 Å². The summed E-state index contributed by atoms with van der Waals surface area (Å²) in [7, 11) is 0. The number of aryl methyl sites for hydroxylation is 1. The van der Waals surface area contributed by atoms with Crippen molar-refractivity contribution in [2.75, 3.05) is 0 Å². The van der Waals surface area contributed by atoms with Crippen LogP contribution in [0.5, 0.6) is 0 Å². The first-order valence-corrected chi connectivity index (χ1v) is 7.10. The molecular weight excluding hydrogens is 232 g/mol. The first kappa shape index (κ1) is 13.9. The zero-order valence-electron chi connectivity index (χ0n) is 12.4. The van der Waals surface area contributed by atoms with Crippen LogP contribution in [-0.2, 0) is 6.54 Å². The van der Waals surface area contributed by atoms with Crippen LogP contribution in [0.25, 0.3) is 5.69 Å². The van der Waals surface area contributed by atoms with Crippen molar-refractivity contribution in [3.63, 3.8) is 0 Å². The summed E-state index contributed by atoms with van der Waals surface area (Å²) >= 11 is 0. The van der Waals surface area contributed by atoms with Gasteiger partial charge < -0.3 is 9.88 Å². The van der Waals surface area contributed by atoms with Gasteiger partial charge in [-0.3, -0.25) is 0 Å². The average Bonchev–Trinajstić information content (AvgIpc) is 2.71. The Morgan fingerprint density at radius 1 is 1.16 bits per heavy atom. The van der Waals surface area contributed by atoms with Crippen molar-refractivity contribution in [2.24, 2.45) is 0 Å². The molecule has 0 spiro atoms. The van der Waals surface area contributed by atoms with Crippen molar-refractivity contribution in [3.05, 3.63) is 53.3 Å². The first-order valence-electron chi connectivity index (χ1n) is 7.10. The van der Waals surface area contributed by atoms with Crippen LogP contribution in [0, 0.1) is 13.8 Å². The van der Waals surface area contributed by atoms with Crippen LogP contribution >= 0.6 is 0 Å². The number of para-hydroxylation sites is 1. The third-order valence-corrected chi connectivity index (χ3v) is 3.80. The van der Waals surface area contributed by atoms with E-state index in [1.807, 2.05) is 0 Å². The van der Waals surface area contributed by atoms with Crippen LogP contribution in [0.3, 0.4) is 0 Å². The molecule has 19 heavy (non-hydrogen) atoms. The maximum atomic E-state index is 3.57. The Balaban J connectivity index is 2.25. The van der Waals surface area contributed by atoms with Gasteiger partial charge in [-0.25, -0.2) is 0 Å². The summed E-state index contributed by atoms with van der Waals surface area (Å²) in [6.07, 6.45) is 1.16. The Kier molecular flexibility index (Phi) is 4.43. The van der Waals surface area contributed by atoms with Gasteiger partial charge in [0.15, 0.2) is 0 Å². The lowest BCUT2D eigenvalue weighted by Crippen LogP contribution is -2.24. The van der Waals surface area contributed by atoms with Crippen molar-refractivity contribution in [2.45, 2.75) is 46.7 Å². The fraction of sp³-hybridized carbons (Fsp3) is 0.412. The van der Waals surface area contributed by atoms with Crippen molar-refractivity contribution in [3.8, 4) is 5.69 Å². The van der Waals surface area contributed by atoms with Gasteiger partial charge in [0.2, 0.25) is 0 Å². The molecule has 0 amide bonds. The zero-order valence-corrected chi connectivity index (χ0v) is 12.4. The summed E-state index contributed by atoms with van der Waals surface area (Å²) in [6.45, 7) is 9.77. The van der Waals surface area contributed by atoms with E-state index in [0.29, 0.717) is 6.04 Å². The fourth-order valence-electron chi connectivity index (χ4n) is 2.41. The van der Waals surface area contributed by atoms with Crippen molar-refractivity contribution < 1.29 is 0 Å². The quantitative estimate of drug-likeness (QED) is 0.856. The number of aromatic nitrogens is 1. The highest BCUT2D eigenvalue weighted by atomic mass is 15.0. The second-order valence-electron chi connectivity index (χ2n) is 5.26. The van der Waals surface area contributed by atoms with Crippen molar-refractivity contribution in [1.82, 2.24) is 9.88 Å². The molecule has 1 unspecified atom stereocenters. The minimum atomic E-state index is 0.569. The molecule has 1 aromatic carbocycles.